The molecule has 2 aliphatic rings. The van der Waals surface area contributed by atoms with Crippen molar-refractivity contribution in [1.29, 1.82) is 0 Å². The van der Waals surface area contributed by atoms with E-state index in [0.717, 1.165) is 11.0 Å². The number of carbonyl (C=O) groups is 2. The van der Waals surface area contributed by atoms with Gasteiger partial charge in [0.2, 0.25) is 0 Å². The zero-order valence-corrected chi connectivity index (χ0v) is 20.9. The van der Waals surface area contributed by atoms with Gasteiger partial charge in [-0.3, -0.25) is 23.8 Å². The van der Waals surface area contributed by atoms with Crippen LogP contribution in [-0.4, -0.2) is 53.9 Å². The van der Waals surface area contributed by atoms with Crippen LogP contribution in [0, 0.1) is 0 Å². The van der Waals surface area contributed by atoms with Crippen molar-refractivity contribution >= 4 is 61.3 Å². The molecule has 2 saturated heterocycles. The largest absolute Gasteiger partial charge is 0.416 e. The van der Waals surface area contributed by atoms with Crippen molar-refractivity contribution in [2.75, 3.05) is 13.2 Å². The molecule has 0 radical (unpaired) electrons. The van der Waals surface area contributed by atoms with E-state index in [4.69, 9.17) is 11.6 Å². The molecule has 3 aromatic rings. The number of alkyl halides is 3. The van der Waals surface area contributed by atoms with Crippen LogP contribution in [0.2, 0.25) is 5.02 Å². The number of hydrogen-bond acceptors (Lipinski definition) is 7. The Morgan fingerprint density at radius 2 is 2.00 bits per heavy atom. The van der Waals surface area contributed by atoms with Crippen LogP contribution in [0.5, 0.6) is 0 Å². The molecule has 2 fully saturated rings. The minimum absolute atomic E-state index is 0.0577. The molecular weight excluding hydrogens is 557 g/mol. The first-order valence-electron chi connectivity index (χ1n) is 10.6. The van der Waals surface area contributed by atoms with Gasteiger partial charge in [0.05, 0.1) is 34.8 Å². The monoisotopic (exact) mass is 572 g/mol. The van der Waals surface area contributed by atoms with E-state index in [1.807, 2.05) is 0 Å². The third-order valence-electron chi connectivity index (χ3n) is 5.79. The molecule has 1 atom stereocenters. The van der Waals surface area contributed by atoms with Crippen LogP contribution in [0.15, 0.2) is 47.5 Å². The van der Waals surface area contributed by atoms with E-state index in [1.54, 1.807) is 18.2 Å². The molecule has 1 aromatic heterocycles. The van der Waals surface area contributed by atoms with Crippen molar-refractivity contribution in [3.63, 3.8) is 0 Å². The third kappa shape index (κ3) is 5.25. The number of fused-ring (bicyclic) bond motifs is 1. The fraction of sp³-hybridized carbons (Fsp3) is 0.227. The van der Waals surface area contributed by atoms with Crippen LogP contribution in [-0.2, 0) is 31.9 Å². The normalized spacial score (nSPS) is 21.3. The summed E-state index contributed by atoms with van der Waals surface area (Å²) in [5, 5.41) is 6.59. The topological polar surface area (TPSA) is 121 Å². The molecule has 15 heteroatoms. The summed E-state index contributed by atoms with van der Waals surface area (Å²) in [6.45, 7) is -0.566. The number of H-pyrrole nitrogens is 1. The Hall–Kier alpha value is -2.91. The number of thioether (sulfide) groups is 1. The Morgan fingerprint density at radius 3 is 2.70 bits per heavy atom. The zero-order valence-electron chi connectivity index (χ0n) is 18.5. The van der Waals surface area contributed by atoms with Gasteiger partial charge in [-0.05, 0) is 59.1 Å². The number of hydrogen-bond donors (Lipinski definition) is 2. The highest BCUT2D eigenvalue weighted by atomic mass is 35.5. The molecule has 1 unspecified atom stereocenters. The Balaban J connectivity index is 1.58. The van der Waals surface area contributed by atoms with Gasteiger partial charge < -0.3 is 0 Å². The molecule has 0 saturated carbocycles. The number of amides is 2. The van der Waals surface area contributed by atoms with Gasteiger partial charge in [-0.2, -0.15) is 31.4 Å². The lowest BCUT2D eigenvalue weighted by Crippen LogP contribution is -2.42. The van der Waals surface area contributed by atoms with E-state index in [0.29, 0.717) is 28.2 Å². The Labute approximate surface area is 217 Å². The van der Waals surface area contributed by atoms with E-state index in [-0.39, 0.29) is 40.6 Å². The maximum absolute atomic E-state index is 13.8. The number of aromatic amines is 1. The number of carbonyl (C=O) groups excluding carboxylic acids is 2. The van der Waals surface area contributed by atoms with Crippen LogP contribution < -0.4 is 4.72 Å². The number of nitrogens with one attached hydrogen (secondary N) is 2. The summed E-state index contributed by atoms with van der Waals surface area (Å²) in [5.74, 6) is -0.745. The average Bonchev–Trinajstić information content (AvgIpc) is 3.50. The summed E-state index contributed by atoms with van der Waals surface area (Å²) in [6, 6.07) is 7.45. The lowest BCUT2D eigenvalue weighted by Gasteiger charge is -2.18. The third-order valence-corrected chi connectivity index (χ3v) is 8.12. The van der Waals surface area contributed by atoms with Gasteiger partial charge in [0, 0.05) is 17.0 Å². The molecule has 37 heavy (non-hydrogen) atoms. The van der Waals surface area contributed by atoms with Crippen LogP contribution in [0.3, 0.4) is 0 Å². The summed E-state index contributed by atoms with van der Waals surface area (Å²) in [7, 11) is -3.97. The van der Waals surface area contributed by atoms with Crippen LogP contribution in [0.25, 0.3) is 16.5 Å². The first kappa shape index (κ1) is 25.7. The van der Waals surface area contributed by atoms with Gasteiger partial charge in [0.1, 0.15) is 0 Å². The van der Waals surface area contributed by atoms with E-state index >= 15 is 0 Å². The molecular formula is C22H16ClF3N4O5S2. The van der Waals surface area contributed by atoms with Crippen molar-refractivity contribution in [2.45, 2.75) is 18.6 Å². The number of allylic oxidation sites excluding steroid dienone is 1. The van der Waals surface area contributed by atoms with Crippen LogP contribution in [0.4, 0.5) is 18.0 Å². The maximum Gasteiger partial charge on any atom is 0.416 e. The minimum atomic E-state index is -4.71. The standard InChI is InChI=1S/C22H16ClF3N4O5S2/c23-14-3-1-12(17(7-14)22(24,25)26)6-16(11-2-4-18-13(5-11)8-27-28-18)19-20(31)30(21(32)36-19)9-15-10-35-37(33,34)29-15/h1-5,7-8,15,29H,6,9-10H2,(H,27,28)/b19-16-. The molecule has 0 aliphatic carbocycles. The number of benzene rings is 2. The van der Waals surface area contributed by atoms with E-state index in [1.165, 1.54) is 18.3 Å². The Morgan fingerprint density at radius 1 is 1.22 bits per heavy atom. The zero-order chi connectivity index (χ0) is 26.5. The van der Waals surface area contributed by atoms with Gasteiger partial charge in [0.15, 0.2) is 0 Å². The first-order valence-corrected chi connectivity index (χ1v) is 13.2. The maximum atomic E-state index is 13.8. The van der Waals surface area contributed by atoms with Gasteiger partial charge >= 0.3 is 16.5 Å². The van der Waals surface area contributed by atoms with Gasteiger partial charge in [-0.15, -0.1) is 0 Å². The molecule has 9 nitrogen and oxygen atoms in total. The molecule has 194 valence electrons. The Kier molecular flexibility index (Phi) is 6.56. The first-order chi connectivity index (χ1) is 17.4. The summed E-state index contributed by atoms with van der Waals surface area (Å²) in [5.41, 5.74) is 0.200. The van der Waals surface area contributed by atoms with Crippen molar-refractivity contribution in [3.05, 3.63) is 69.2 Å². The Bertz CT molecular complexity index is 1570. The van der Waals surface area contributed by atoms with Crippen molar-refractivity contribution in [2.24, 2.45) is 0 Å². The molecule has 2 aliphatic heterocycles. The molecule has 3 heterocycles. The number of halogens is 4. The lowest BCUT2D eigenvalue weighted by atomic mass is 9.93. The molecule has 0 spiro atoms. The van der Waals surface area contributed by atoms with E-state index in [9.17, 15) is 31.2 Å². The summed E-state index contributed by atoms with van der Waals surface area (Å²) < 4.78 is 71.3. The highest BCUT2D eigenvalue weighted by Crippen LogP contribution is 2.41. The molecule has 2 N–H and O–H groups in total. The fourth-order valence-corrected chi connectivity index (χ4v) is 6.18. The second kappa shape index (κ2) is 9.44. The van der Waals surface area contributed by atoms with Crippen LogP contribution >= 0.6 is 23.4 Å². The highest BCUT2D eigenvalue weighted by Gasteiger charge is 2.41. The van der Waals surface area contributed by atoms with Crippen molar-refractivity contribution in [3.8, 4) is 0 Å². The minimum Gasteiger partial charge on any atom is -0.278 e. The number of imide groups is 1. The van der Waals surface area contributed by atoms with E-state index in [2.05, 4.69) is 19.1 Å². The summed E-state index contributed by atoms with van der Waals surface area (Å²) >= 11 is 6.41. The smallest absolute Gasteiger partial charge is 0.278 e. The number of nitrogens with zero attached hydrogens (tertiary/aromatic N) is 2. The second-order valence-electron chi connectivity index (χ2n) is 8.29. The molecule has 2 amide bonds. The fourth-order valence-electron chi connectivity index (χ4n) is 4.09. The SMILES string of the molecule is O=C1S/C(=C(/Cc2ccc(Cl)cc2C(F)(F)F)c2ccc3[nH]ncc3c2)C(=O)N1CC1COS(=O)(=O)N1. The van der Waals surface area contributed by atoms with Gasteiger partial charge in [-0.25, -0.2) is 0 Å². The van der Waals surface area contributed by atoms with E-state index < -0.39 is 39.2 Å². The highest BCUT2D eigenvalue weighted by molar-refractivity contribution is 8.18. The quantitative estimate of drug-likeness (QED) is 0.441. The van der Waals surface area contributed by atoms with Gasteiger partial charge in [0.25, 0.3) is 11.1 Å². The molecule has 5 rings (SSSR count). The van der Waals surface area contributed by atoms with Crippen molar-refractivity contribution < 1.29 is 35.4 Å². The summed E-state index contributed by atoms with van der Waals surface area (Å²) in [4.78, 5) is 26.9. The second-order valence-corrected chi connectivity index (χ2v) is 11.1. The van der Waals surface area contributed by atoms with Gasteiger partial charge in [-0.1, -0.05) is 23.7 Å². The number of aromatic nitrogens is 2. The van der Waals surface area contributed by atoms with Crippen molar-refractivity contribution in [1.82, 2.24) is 19.8 Å². The van der Waals surface area contributed by atoms with Crippen LogP contribution in [0.1, 0.15) is 16.7 Å². The lowest BCUT2D eigenvalue weighted by molar-refractivity contribution is -0.138. The average molecular weight is 573 g/mol. The summed E-state index contributed by atoms with van der Waals surface area (Å²) in [6.07, 6.45) is -3.51. The predicted molar refractivity (Wildman–Crippen MR) is 130 cm³/mol. The molecule has 2 aromatic carbocycles. The molecule has 0 bridgehead atoms. The predicted octanol–water partition coefficient (Wildman–Crippen LogP) is 4.12. The number of rotatable bonds is 5.